The van der Waals surface area contributed by atoms with E-state index in [1.165, 1.54) is 11.3 Å². The molecule has 0 saturated heterocycles. The van der Waals surface area contributed by atoms with Gasteiger partial charge >= 0.3 is 0 Å². The number of nitrogens with one attached hydrogen (secondary N) is 3. The fourth-order valence-electron chi connectivity index (χ4n) is 3.76. The van der Waals surface area contributed by atoms with Crippen molar-refractivity contribution in [3.05, 3.63) is 93.3 Å². The molecule has 164 valence electrons. The zero-order valence-electron chi connectivity index (χ0n) is 17.8. The molecule has 2 aromatic carbocycles. The van der Waals surface area contributed by atoms with E-state index in [0.29, 0.717) is 17.1 Å². The van der Waals surface area contributed by atoms with Gasteiger partial charge in [0, 0.05) is 29.3 Å². The number of aliphatic imine (C=N–C) groups is 1. The number of anilines is 2. The Morgan fingerprint density at radius 3 is 2.70 bits per heavy atom. The number of amides is 2. The van der Waals surface area contributed by atoms with Crippen LogP contribution in [0.15, 0.2) is 71.0 Å². The van der Waals surface area contributed by atoms with Gasteiger partial charge in [0.05, 0.1) is 4.88 Å². The first kappa shape index (κ1) is 20.8. The first-order valence-corrected chi connectivity index (χ1v) is 11.4. The van der Waals surface area contributed by atoms with Crippen molar-refractivity contribution in [2.24, 2.45) is 4.99 Å². The van der Waals surface area contributed by atoms with Gasteiger partial charge in [-0.1, -0.05) is 30.3 Å². The molecule has 1 aliphatic heterocycles. The van der Waals surface area contributed by atoms with E-state index in [2.05, 4.69) is 25.8 Å². The average Bonchev–Trinajstić information content (AvgIpc) is 3.54. The van der Waals surface area contributed by atoms with Crippen LogP contribution >= 0.6 is 11.3 Å². The lowest BCUT2D eigenvalue weighted by Crippen LogP contribution is -2.12. The molecule has 33 heavy (non-hydrogen) atoms. The van der Waals surface area contributed by atoms with Crippen LogP contribution in [-0.4, -0.2) is 28.2 Å². The summed E-state index contributed by atoms with van der Waals surface area (Å²) in [6, 6.07) is 19.3. The van der Waals surface area contributed by atoms with E-state index in [9.17, 15) is 9.59 Å². The molecule has 3 heterocycles. The van der Waals surface area contributed by atoms with Gasteiger partial charge in [0.2, 0.25) is 5.91 Å². The third-order valence-corrected chi connectivity index (χ3v) is 6.27. The third-order valence-electron chi connectivity index (χ3n) is 5.40. The Morgan fingerprint density at radius 1 is 1.15 bits per heavy atom. The summed E-state index contributed by atoms with van der Waals surface area (Å²) < 4.78 is 0. The number of fused-ring (bicyclic) bond motifs is 1. The second-order valence-corrected chi connectivity index (χ2v) is 8.83. The predicted octanol–water partition coefficient (Wildman–Crippen LogP) is 5.06. The van der Waals surface area contributed by atoms with Crippen LogP contribution in [0.2, 0.25) is 0 Å². The molecule has 3 N–H and O–H groups in total. The van der Waals surface area contributed by atoms with Gasteiger partial charge in [0.15, 0.2) is 5.82 Å². The molecule has 0 saturated carbocycles. The van der Waals surface area contributed by atoms with Crippen molar-refractivity contribution in [3.8, 4) is 0 Å². The van der Waals surface area contributed by atoms with Gasteiger partial charge in [-0.2, -0.15) is 5.10 Å². The van der Waals surface area contributed by atoms with Crippen molar-refractivity contribution in [2.45, 2.75) is 19.3 Å². The molecule has 0 radical (unpaired) electrons. The molecular weight excluding hydrogens is 434 g/mol. The number of carbonyl (C=O) groups excluding carboxylic acids is 2. The van der Waals surface area contributed by atoms with E-state index in [1.807, 2.05) is 66.9 Å². The number of aromatic amines is 1. The highest BCUT2D eigenvalue weighted by Crippen LogP contribution is 2.33. The molecule has 1 aliphatic rings. The molecule has 2 aromatic heterocycles. The molecule has 0 spiro atoms. The maximum absolute atomic E-state index is 12.5. The summed E-state index contributed by atoms with van der Waals surface area (Å²) in [5.41, 5.74) is 5.59. The van der Waals surface area contributed by atoms with Crippen LogP contribution in [0.3, 0.4) is 0 Å². The normalized spacial score (nSPS) is 14.9. The fraction of sp³-hybridized carbons (Fsp3) is 0.120. The van der Waals surface area contributed by atoms with E-state index in [-0.39, 0.29) is 11.8 Å². The van der Waals surface area contributed by atoms with E-state index >= 15 is 0 Å². The lowest BCUT2D eigenvalue weighted by Gasteiger charge is -2.08. The monoisotopic (exact) mass is 455 g/mol. The molecule has 4 aromatic rings. The lowest BCUT2D eigenvalue weighted by molar-refractivity contribution is -0.115. The van der Waals surface area contributed by atoms with E-state index < -0.39 is 5.92 Å². The Labute approximate surface area is 194 Å². The van der Waals surface area contributed by atoms with Crippen molar-refractivity contribution in [3.63, 3.8) is 0 Å². The molecule has 0 fully saturated rings. The Bertz CT molecular complexity index is 1340. The summed E-state index contributed by atoms with van der Waals surface area (Å²) >= 11 is 1.41. The van der Waals surface area contributed by atoms with E-state index in [0.717, 1.165) is 33.8 Å². The summed E-state index contributed by atoms with van der Waals surface area (Å²) in [6.07, 6.45) is 2.36. The highest BCUT2D eigenvalue weighted by atomic mass is 32.1. The zero-order chi connectivity index (χ0) is 22.8. The van der Waals surface area contributed by atoms with Crippen LogP contribution in [0.25, 0.3) is 0 Å². The van der Waals surface area contributed by atoms with Crippen molar-refractivity contribution >= 4 is 46.6 Å². The van der Waals surface area contributed by atoms with Gasteiger partial charge in [0.25, 0.3) is 5.91 Å². The van der Waals surface area contributed by atoms with Gasteiger partial charge in [-0.05, 0) is 59.7 Å². The molecule has 1 unspecified atom stereocenters. The van der Waals surface area contributed by atoms with Crippen LogP contribution in [-0.2, 0) is 11.2 Å². The zero-order valence-corrected chi connectivity index (χ0v) is 18.6. The molecule has 8 heteroatoms. The molecular formula is C25H21N5O2S. The number of H-pyrrole nitrogens is 1. The van der Waals surface area contributed by atoms with Crippen molar-refractivity contribution < 1.29 is 9.59 Å². The summed E-state index contributed by atoms with van der Waals surface area (Å²) in [6.45, 7) is 1.90. The summed E-state index contributed by atoms with van der Waals surface area (Å²) in [4.78, 5) is 29.7. The first-order chi connectivity index (χ1) is 16.0. The average molecular weight is 456 g/mol. The van der Waals surface area contributed by atoms with E-state index in [4.69, 9.17) is 0 Å². The minimum Gasteiger partial charge on any atom is -0.325 e. The minimum absolute atomic E-state index is 0.0935. The predicted molar refractivity (Wildman–Crippen MR) is 131 cm³/mol. The molecule has 5 rings (SSSR count). The highest BCUT2D eigenvalue weighted by molar-refractivity contribution is 7.12. The van der Waals surface area contributed by atoms with E-state index in [1.54, 1.807) is 12.3 Å². The molecule has 2 amide bonds. The second kappa shape index (κ2) is 8.84. The molecule has 0 aliphatic carbocycles. The summed E-state index contributed by atoms with van der Waals surface area (Å²) in [5.74, 6) is -0.0989. The molecule has 7 nitrogen and oxygen atoms in total. The van der Waals surface area contributed by atoms with Gasteiger partial charge in [-0.25, -0.2) is 4.99 Å². The standard InChI is InChI=1S/C25H21N5O2S/c1-15-11-23(30-29-15)26-14-20-19-13-17(6-9-21(19)28-24(20)31)12-16-4-7-18(8-5-16)27-25(32)22-3-2-10-33-22/h2-11,13-14,20H,12H2,1H3,(H,27,32)(H,28,31)(H,29,30). The Morgan fingerprint density at radius 2 is 1.97 bits per heavy atom. The lowest BCUT2D eigenvalue weighted by atomic mass is 9.96. The Balaban J connectivity index is 1.29. The van der Waals surface area contributed by atoms with Gasteiger partial charge in [-0.15, -0.1) is 11.3 Å². The number of carbonyl (C=O) groups is 2. The summed E-state index contributed by atoms with van der Waals surface area (Å²) in [7, 11) is 0. The van der Waals surface area contributed by atoms with Crippen LogP contribution in [0.1, 0.15) is 38.0 Å². The fourth-order valence-corrected chi connectivity index (χ4v) is 4.37. The van der Waals surface area contributed by atoms with Crippen LogP contribution in [0.5, 0.6) is 0 Å². The topological polar surface area (TPSA) is 99.2 Å². The maximum atomic E-state index is 12.5. The molecule has 0 bridgehead atoms. The number of thiophene rings is 1. The van der Waals surface area contributed by atoms with Crippen LogP contribution < -0.4 is 10.6 Å². The van der Waals surface area contributed by atoms with Gasteiger partial charge in [-0.3, -0.25) is 14.7 Å². The van der Waals surface area contributed by atoms with Crippen molar-refractivity contribution in [1.29, 1.82) is 0 Å². The number of benzene rings is 2. The minimum atomic E-state index is -0.452. The number of aryl methyl sites for hydroxylation is 1. The highest BCUT2D eigenvalue weighted by Gasteiger charge is 2.29. The number of rotatable bonds is 6. The second-order valence-electron chi connectivity index (χ2n) is 7.88. The van der Waals surface area contributed by atoms with Crippen molar-refractivity contribution in [2.75, 3.05) is 10.6 Å². The summed E-state index contributed by atoms with van der Waals surface area (Å²) in [5, 5.41) is 14.6. The van der Waals surface area contributed by atoms with Gasteiger partial charge < -0.3 is 10.6 Å². The number of hydrogen-bond donors (Lipinski definition) is 3. The molecule has 1 atom stereocenters. The number of nitrogens with zero attached hydrogens (tertiary/aromatic N) is 2. The third kappa shape index (κ3) is 4.61. The Kier molecular flexibility index (Phi) is 5.58. The largest absolute Gasteiger partial charge is 0.325 e. The number of aromatic nitrogens is 2. The van der Waals surface area contributed by atoms with Crippen LogP contribution in [0.4, 0.5) is 17.2 Å². The SMILES string of the molecule is Cc1cc(N=CC2C(=O)Nc3ccc(Cc4ccc(NC(=O)c5cccs5)cc4)cc32)n[nH]1. The van der Waals surface area contributed by atoms with Crippen molar-refractivity contribution in [1.82, 2.24) is 10.2 Å². The van der Waals surface area contributed by atoms with Gasteiger partial charge in [0.1, 0.15) is 5.92 Å². The first-order valence-electron chi connectivity index (χ1n) is 10.5. The van der Waals surface area contributed by atoms with Crippen LogP contribution in [0, 0.1) is 6.92 Å². The number of hydrogen-bond acceptors (Lipinski definition) is 5. The smallest absolute Gasteiger partial charge is 0.265 e. The maximum Gasteiger partial charge on any atom is 0.265 e. The quantitative estimate of drug-likeness (QED) is 0.354. The Hall–Kier alpha value is -4.04.